The Kier molecular flexibility index (Phi) is 3.85. The zero-order valence-electron chi connectivity index (χ0n) is 11.9. The Balaban J connectivity index is 2.58. The molecule has 3 nitrogen and oxygen atoms in total. The zero-order chi connectivity index (χ0) is 14.2. The smallest absolute Gasteiger partial charge is 0.125 e. The van der Waals surface area contributed by atoms with Gasteiger partial charge in [0.15, 0.2) is 0 Å². The van der Waals surface area contributed by atoms with Gasteiger partial charge in [-0.2, -0.15) is 5.10 Å². The average molecular weight is 278 g/mol. The molecule has 1 aromatic carbocycles. The second kappa shape index (κ2) is 5.25. The summed E-state index contributed by atoms with van der Waals surface area (Å²) in [7, 11) is 1.87. The molecule has 0 fully saturated rings. The molecule has 0 spiro atoms. The van der Waals surface area contributed by atoms with Crippen molar-refractivity contribution in [3.8, 4) is 11.3 Å². The standard InChI is InChI=1S/C15H20ClN3/c1-9(2)7-12-14(18-19(4)15(12)17)11-6-5-10(3)8-13(11)16/h5-6,8-9H,7,17H2,1-4H3. The minimum atomic E-state index is 0.523. The number of benzene rings is 1. The number of nitrogen functional groups attached to an aromatic ring is 1. The van der Waals surface area contributed by atoms with Crippen molar-refractivity contribution in [3.63, 3.8) is 0 Å². The van der Waals surface area contributed by atoms with Crippen molar-refractivity contribution in [1.82, 2.24) is 9.78 Å². The van der Waals surface area contributed by atoms with Crippen LogP contribution in [0.3, 0.4) is 0 Å². The van der Waals surface area contributed by atoms with Crippen LogP contribution in [-0.2, 0) is 13.5 Å². The van der Waals surface area contributed by atoms with Crippen molar-refractivity contribution in [1.29, 1.82) is 0 Å². The van der Waals surface area contributed by atoms with Gasteiger partial charge in [-0.05, 0) is 30.9 Å². The Morgan fingerprint density at radius 2 is 2.05 bits per heavy atom. The van der Waals surface area contributed by atoms with E-state index in [2.05, 4.69) is 18.9 Å². The van der Waals surface area contributed by atoms with E-state index in [4.69, 9.17) is 17.3 Å². The summed E-state index contributed by atoms with van der Waals surface area (Å²) in [6.07, 6.45) is 0.902. The van der Waals surface area contributed by atoms with E-state index in [-0.39, 0.29) is 0 Å². The molecule has 19 heavy (non-hydrogen) atoms. The molecule has 102 valence electrons. The van der Waals surface area contributed by atoms with E-state index < -0.39 is 0 Å². The molecule has 2 N–H and O–H groups in total. The first kappa shape index (κ1) is 13.9. The number of hydrogen-bond acceptors (Lipinski definition) is 2. The highest BCUT2D eigenvalue weighted by molar-refractivity contribution is 6.33. The highest BCUT2D eigenvalue weighted by Gasteiger charge is 2.18. The lowest BCUT2D eigenvalue weighted by Crippen LogP contribution is -2.02. The lowest BCUT2D eigenvalue weighted by Gasteiger charge is -2.08. The fourth-order valence-electron chi connectivity index (χ4n) is 2.22. The molecule has 0 aliphatic heterocycles. The number of rotatable bonds is 3. The normalized spacial score (nSPS) is 11.3. The lowest BCUT2D eigenvalue weighted by molar-refractivity contribution is 0.648. The average Bonchev–Trinajstić information content (AvgIpc) is 2.57. The number of halogens is 1. The van der Waals surface area contributed by atoms with Crippen LogP contribution in [0.4, 0.5) is 5.82 Å². The third-order valence-corrected chi connectivity index (χ3v) is 3.50. The van der Waals surface area contributed by atoms with Gasteiger partial charge in [-0.15, -0.1) is 0 Å². The molecule has 0 bridgehead atoms. The molecule has 2 rings (SSSR count). The predicted octanol–water partition coefficient (Wildman–Crippen LogP) is 3.83. The molecule has 0 saturated heterocycles. The van der Waals surface area contributed by atoms with E-state index in [0.29, 0.717) is 5.92 Å². The van der Waals surface area contributed by atoms with Crippen LogP contribution in [0.1, 0.15) is 25.0 Å². The van der Waals surface area contributed by atoms with Gasteiger partial charge in [0.2, 0.25) is 0 Å². The van der Waals surface area contributed by atoms with Crippen LogP contribution in [0.15, 0.2) is 18.2 Å². The van der Waals surface area contributed by atoms with Crippen molar-refractivity contribution in [2.75, 3.05) is 5.73 Å². The summed E-state index contributed by atoms with van der Waals surface area (Å²) in [6, 6.07) is 6.02. The van der Waals surface area contributed by atoms with Gasteiger partial charge in [0.05, 0.1) is 10.7 Å². The Hall–Kier alpha value is -1.48. The van der Waals surface area contributed by atoms with Crippen LogP contribution < -0.4 is 5.73 Å². The summed E-state index contributed by atoms with van der Waals surface area (Å²) in [4.78, 5) is 0. The third kappa shape index (κ3) is 2.76. The molecule has 0 radical (unpaired) electrons. The van der Waals surface area contributed by atoms with E-state index in [1.54, 1.807) is 4.68 Å². The van der Waals surface area contributed by atoms with Gasteiger partial charge in [0.25, 0.3) is 0 Å². The van der Waals surface area contributed by atoms with Gasteiger partial charge in [0, 0.05) is 18.2 Å². The van der Waals surface area contributed by atoms with Crippen LogP contribution in [0.5, 0.6) is 0 Å². The minimum Gasteiger partial charge on any atom is -0.384 e. The van der Waals surface area contributed by atoms with Gasteiger partial charge in [0.1, 0.15) is 5.82 Å². The summed E-state index contributed by atoms with van der Waals surface area (Å²) in [5, 5.41) is 5.26. The monoisotopic (exact) mass is 277 g/mol. The molecule has 0 aliphatic rings. The molecule has 2 aromatic rings. The zero-order valence-corrected chi connectivity index (χ0v) is 12.6. The second-order valence-corrected chi connectivity index (χ2v) is 5.82. The number of hydrogen-bond donors (Lipinski definition) is 1. The first-order valence-corrected chi connectivity index (χ1v) is 6.85. The molecule has 1 aromatic heterocycles. The van der Waals surface area contributed by atoms with Crippen LogP contribution >= 0.6 is 11.6 Å². The quantitative estimate of drug-likeness (QED) is 0.927. The maximum absolute atomic E-state index is 6.34. The van der Waals surface area contributed by atoms with Crippen LogP contribution in [-0.4, -0.2) is 9.78 Å². The number of nitrogens with two attached hydrogens (primary N) is 1. The predicted molar refractivity (Wildman–Crippen MR) is 81.3 cm³/mol. The largest absolute Gasteiger partial charge is 0.384 e. The van der Waals surface area contributed by atoms with Crippen molar-refractivity contribution in [2.24, 2.45) is 13.0 Å². The highest BCUT2D eigenvalue weighted by atomic mass is 35.5. The fraction of sp³-hybridized carbons (Fsp3) is 0.400. The van der Waals surface area contributed by atoms with Crippen molar-refractivity contribution in [3.05, 3.63) is 34.3 Å². The summed E-state index contributed by atoms with van der Waals surface area (Å²) in [5.41, 5.74) is 10.2. The minimum absolute atomic E-state index is 0.523. The topological polar surface area (TPSA) is 43.8 Å². The number of nitrogens with zero attached hydrogens (tertiary/aromatic N) is 2. The van der Waals surface area contributed by atoms with Crippen molar-refractivity contribution >= 4 is 17.4 Å². The molecular formula is C15H20ClN3. The Morgan fingerprint density at radius 3 is 2.63 bits per heavy atom. The van der Waals surface area contributed by atoms with Gasteiger partial charge in [-0.3, -0.25) is 4.68 Å². The molecule has 0 unspecified atom stereocenters. The third-order valence-electron chi connectivity index (χ3n) is 3.19. The molecule has 1 heterocycles. The van der Waals surface area contributed by atoms with E-state index in [9.17, 15) is 0 Å². The summed E-state index contributed by atoms with van der Waals surface area (Å²) >= 11 is 6.34. The summed E-state index contributed by atoms with van der Waals surface area (Å²) in [5.74, 6) is 1.25. The molecule has 0 atom stereocenters. The van der Waals surface area contributed by atoms with Crippen molar-refractivity contribution in [2.45, 2.75) is 27.2 Å². The molecule has 4 heteroatoms. The van der Waals surface area contributed by atoms with Gasteiger partial charge in [-0.1, -0.05) is 37.6 Å². The van der Waals surface area contributed by atoms with Gasteiger partial charge < -0.3 is 5.73 Å². The van der Waals surface area contributed by atoms with Crippen LogP contribution in [0.25, 0.3) is 11.3 Å². The van der Waals surface area contributed by atoms with E-state index in [1.165, 1.54) is 0 Å². The Bertz CT molecular complexity index is 600. The van der Waals surface area contributed by atoms with Gasteiger partial charge in [-0.25, -0.2) is 0 Å². The number of aromatic nitrogens is 2. The maximum atomic E-state index is 6.34. The summed E-state index contributed by atoms with van der Waals surface area (Å²) in [6.45, 7) is 6.37. The van der Waals surface area contributed by atoms with E-state index in [1.807, 2.05) is 32.2 Å². The highest BCUT2D eigenvalue weighted by Crippen LogP contribution is 2.33. The molecule has 0 aliphatic carbocycles. The Morgan fingerprint density at radius 1 is 1.37 bits per heavy atom. The molecule has 0 saturated carbocycles. The molecular weight excluding hydrogens is 258 g/mol. The van der Waals surface area contributed by atoms with E-state index >= 15 is 0 Å². The molecule has 0 amide bonds. The maximum Gasteiger partial charge on any atom is 0.125 e. The number of aryl methyl sites for hydroxylation is 2. The van der Waals surface area contributed by atoms with Crippen molar-refractivity contribution < 1.29 is 0 Å². The summed E-state index contributed by atoms with van der Waals surface area (Å²) < 4.78 is 1.73. The van der Waals surface area contributed by atoms with E-state index in [0.717, 1.165) is 39.6 Å². The first-order chi connectivity index (χ1) is 8.90. The number of anilines is 1. The van der Waals surface area contributed by atoms with Gasteiger partial charge >= 0.3 is 0 Å². The first-order valence-electron chi connectivity index (χ1n) is 6.48. The fourth-order valence-corrected chi connectivity index (χ4v) is 2.54. The van der Waals surface area contributed by atoms with Crippen LogP contribution in [0.2, 0.25) is 5.02 Å². The lowest BCUT2D eigenvalue weighted by atomic mass is 9.98. The SMILES string of the molecule is Cc1ccc(-c2nn(C)c(N)c2CC(C)C)c(Cl)c1. The second-order valence-electron chi connectivity index (χ2n) is 5.42. The van der Waals surface area contributed by atoms with Crippen LogP contribution in [0, 0.1) is 12.8 Å². The Labute approximate surface area is 119 Å².